The Labute approximate surface area is 106 Å². The second kappa shape index (κ2) is 4.87. The molecular weight excluding hydrogens is 226 g/mol. The molecule has 0 unspecified atom stereocenters. The number of benzene rings is 2. The number of anilines is 1. The number of hydrogen-bond donors (Lipinski definition) is 2. The normalized spacial score (nSPS) is 11.0. The lowest BCUT2D eigenvalue weighted by Crippen LogP contribution is -1.81. The fraction of sp³-hybridized carbons (Fsp3) is 0.143. The summed E-state index contributed by atoms with van der Waals surface area (Å²) in [6.07, 6.45) is 0. The molecule has 92 valence electrons. The first kappa shape index (κ1) is 12.1. The maximum atomic E-state index is 9.66. The third-order valence-corrected chi connectivity index (χ3v) is 2.65. The summed E-state index contributed by atoms with van der Waals surface area (Å²) in [5, 5.41) is 17.9. The fourth-order valence-corrected chi connectivity index (χ4v) is 1.65. The topological polar surface area (TPSA) is 71.0 Å². The van der Waals surface area contributed by atoms with Crippen LogP contribution < -0.4 is 5.73 Å². The highest BCUT2D eigenvalue weighted by atomic mass is 16.3. The number of azo groups is 1. The quantitative estimate of drug-likeness (QED) is 0.616. The second-order valence-corrected chi connectivity index (χ2v) is 4.22. The van der Waals surface area contributed by atoms with Crippen molar-refractivity contribution in [3.63, 3.8) is 0 Å². The van der Waals surface area contributed by atoms with Crippen molar-refractivity contribution < 1.29 is 5.11 Å². The number of rotatable bonds is 2. The fourth-order valence-electron chi connectivity index (χ4n) is 1.65. The molecule has 0 atom stereocenters. The van der Waals surface area contributed by atoms with Crippen LogP contribution in [0.2, 0.25) is 0 Å². The Morgan fingerprint density at radius 2 is 1.39 bits per heavy atom. The van der Waals surface area contributed by atoms with Crippen LogP contribution >= 0.6 is 0 Å². The van der Waals surface area contributed by atoms with Gasteiger partial charge >= 0.3 is 0 Å². The van der Waals surface area contributed by atoms with Crippen molar-refractivity contribution in [2.75, 3.05) is 5.73 Å². The van der Waals surface area contributed by atoms with E-state index in [0.29, 0.717) is 11.4 Å². The van der Waals surface area contributed by atoms with Gasteiger partial charge in [-0.3, -0.25) is 0 Å². The molecule has 0 aromatic heterocycles. The summed E-state index contributed by atoms with van der Waals surface area (Å²) in [7, 11) is 0. The van der Waals surface area contributed by atoms with Crippen LogP contribution in [-0.4, -0.2) is 5.11 Å². The third-order valence-electron chi connectivity index (χ3n) is 2.65. The largest absolute Gasteiger partial charge is 0.507 e. The van der Waals surface area contributed by atoms with Crippen molar-refractivity contribution in [2.24, 2.45) is 10.2 Å². The molecular formula is C14H15N3O. The molecule has 4 nitrogen and oxygen atoms in total. The van der Waals surface area contributed by atoms with Gasteiger partial charge in [-0.15, -0.1) is 0 Å². The van der Waals surface area contributed by atoms with Gasteiger partial charge in [-0.05, 0) is 61.4 Å². The summed E-state index contributed by atoms with van der Waals surface area (Å²) in [6.45, 7) is 3.68. The number of hydrogen-bond acceptors (Lipinski definition) is 4. The molecule has 18 heavy (non-hydrogen) atoms. The van der Waals surface area contributed by atoms with E-state index in [2.05, 4.69) is 10.2 Å². The molecule has 0 fully saturated rings. The number of nitrogens with zero attached hydrogens (tertiary/aromatic N) is 2. The molecule has 0 bridgehead atoms. The van der Waals surface area contributed by atoms with Crippen molar-refractivity contribution in [1.82, 2.24) is 0 Å². The van der Waals surface area contributed by atoms with E-state index in [0.717, 1.165) is 22.5 Å². The molecule has 0 aliphatic rings. The smallest absolute Gasteiger partial charge is 0.121 e. The Hall–Kier alpha value is -2.36. The maximum absolute atomic E-state index is 9.66. The van der Waals surface area contributed by atoms with Crippen LogP contribution in [0, 0.1) is 13.8 Å². The van der Waals surface area contributed by atoms with Gasteiger partial charge in [0, 0.05) is 5.69 Å². The van der Waals surface area contributed by atoms with Gasteiger partial charge in [0.15, 0.2) is 0 Å². The SMILES string of the molecule is Cc1cc(N=Nc2ccc(N)cc2)cc(C)c1O. The van der Waals surface area contributed by atoms with E-state index >= 15 is 0 Å². The minimum atomic E-state index is 0.307. The van der Waals surface area contributed by atoms with Crippen molar-refractivity contribution in [3.05, 3.63) is 47.5 Å². The molecule has 0 saturated carbocycles. The highest BCUT2D eigenvalue weighted by Gasteiger charge is 2.02. The standard InChI is InChI=1S/C14H15N3O/c1-9-7-13(8-10(2)14(9)18)17-16-12-5-3-11(15)4-6-12/h3-8,18H,15H2,1-2H3. The molecule has 0 radical (unpaired) electrons. The Morgan fingerprint density at radius 1 is 0.889 bits per heavy atom. The van der Waals surface area contributed by atoms with Crippen LogP contribution in [0.25, 0.3) is 0 Å². The van der Waals surface area contributed by atoms with Crippen molar-refractivity contribution in [2.45, 2.75) is 13.8 Å². The van der Waals surface area contributed by atoms with E-state index in [9.17, 15) is 5.11 Å². The number of phenols is 1. The summed E-state index contributed by atoms with van der Waals surface area (Å²) in [4.78, 5) is 0. The predicted octanol–water partition coefficient (Wildman–Crippen LogP) is 4.01. The minimum Gasteiger partial charge on any atom is -0.507 e. The first-order chi connectivity index (χ1) is 8.56. The Kier molecular flexibility index (Phi) is 3.28. The zero-order valence-corrected chi connectivity index (χ0v) is 10.4. The summed E-state index contributed by atoms with van der Waals surface area (Å²) in [5.74, 6) is 0.307. The van der Waals surface area contributed by atoms with Crippen LogP contribution in [0.4, 0.5) is 17.1 Å². The first-order valence-corrected chi connectivity index (χ1v) is 5.64. The van der Waals surface area contributed by atoms with Crippen LogP contribution in [-0.2, 0) is 0 Å². The summed E-state index contributed by atoms with van der Waals surface area (Å²) >= 11 is 0. The minimum absolute atomic E-state index is 0.307. The van der Waals surface area contributed by atoms with Crippen LogP contribution in [0.1, 0.15) is 11.1 Å². The zero-order valence-electron chi connectivity index (χ0n) is 10.4. The van der Waals surface area contributed by atoms with Gasteiger partial charge in [0.25, 0.3) is 0 Å². The molecule has 2 aromatic rings. The molecule has 4 heteroatoms. The van der Waals surface area contributed by atoms with Gasteiger partial charge in [-0.25, -0.2) is 0 Å². The Morgan fingerprint density at radius 3 is 1.94 bits per heavy atom. The van der Waals surface area contributed by atoms with E-state index < -0.39 is 0 Å². The number of nitrogen functional groups attached to an aromatic ring is 1. The molecule has 0 aliphatic carbocycles. The van der Waals surface area contributed by atoms with Crippen LogP contribution in [0.15, 0.2) is 46.6 Å². The number of phenolic OH excluding ortho intramolecular Hbond substituents is 1. The van der Waals surface area contributed by atoms with Crippen molar-refractivity contribution in [3.8, 4) is 5.75 Å². The van der Waals surface area contributed by atoms with Gasteiger partial charge in [0.2, 0.25) is 0 Å². The monoisotopic (exact) mass is 241 g/mol. The lowest BCUT2D eigenvalue weighted by molar-refractivity contribution is 0.467. The average molecular weight is 241 g/mol. The zero-order chi connectivity index (χ0) is 13.1. The van der Waals surface area contributed by atoms with E-state index in [1.165, 1.54) is 0 Å². The Bertz CT molecular complexity index is 565. The molecule has 0 heterocycles. The van der Waals surface area contributed by atoms with Gasteiger partial charge in [-0.1, -0.05) is 0 Å². The van der Waals surface area contributed by atoms with Gasteiger partial charge in [0.05, 0.1) is 11.4 Å². The third kappa shape index (κ3) is 2.66. The highest BCUT2D eigenvalue weighted by molar-refractivity contribution is 5.52. The Balaban J connectivity index is 2.26. The molecule has 0 amide bonds. The number of aryl methyl sites for hydroxylation is 2. The first-order valence-electron chi connectivity index (χ1n) is 5.64. The van der Waals surface area contributed by atoms with Crippen molar-refractivity contribution in [1.29, 1.82) is 0 Å². The number of aromatic hydroxyl groups is 1. The van der Waals surface area contributed by atoms with E-state index in [1.54, 1.807) is 36.4 Å². The van der Waals surface area contributed by atoms with E-state index in [-0.39, 0.29) is 0 Å². The predicted molar refractivity (Wildman–Crippen MR) is 72.6 cm³/mol. The summed E-state index contributed by atoms with van der Waals surface area (Å²) in [5.41, 5.74) is 9.34. The molecule has 2 rings (SSSR count). The van der Waals surface area contributed by atoms with Crippen LogP contribution in [0.3, 0.4) is 0 Å². The van der Waals surface area contributed by atoms with Crippen LogP contribution in [0.5, 0.6) is 5.75 Å². The lowest BCUT2D eigenvalue weighted by Gasteiger charge is -2.03. The molecule has 0 aliphatic heterocycles. The maximum Gasteiger partial charge on any atom is 0.121 e. The molecule has 2 aromatic carbocycles. The van der Waals surface area contributed by atoms with Gasteiger partial charge < -0.3 is 10.8 Å². The lowest BCUT2D eigenvalue weighted by atomic mass is 10.1. The van der Waals surface area contributed by atoms with E-state index in [1.807, 2.05) is 13.8 Å². The molecule has 0 spiro atoms. The molecule has 3 N–H and O–H groups in total. The number of nitrogens with two attached hydrogens (primary N) is 1. The average Bonchev–Trinajstić information content (AvgIpc) is 2.35. The van der Waals surface area contributed by atoms with Gasteiger partial charge in [-0.2, -0.15) is 10.2 Å². The van der Waals surface area contributed by atoms with Gasteiger partial charge in [0.1, 0.15) is 5.75 Å². The highest BCUT2D eigenvalue weighted by Crippen LogP contribution is 2.28. The molecule has 0 saturated heterocycles. The van der Waals surface area contributed by atoms with Crippen molar-refractivity contribution >= 4 is 17.1 Å². The summed E-state index contributed by atoms with van der Waals surface area (Å²) in [6, 6.07) is 10.8. The second-order valence-electron chi connectivity index (χ2n) is 4.22. The van der Waals surface area contributed by atoms with E-state index in [4.69, 9.17) is 5.73 Å². The summed E-state index contributed by atoms with van der Waals surface area (Å²) < 4.78 is 0.